The third-order valence-electron chi connectivity index (χ3n) is 3.21. The van der Waals surface area contributed by atoms with Gasteiger partial charge in [-0.1, -0.05) is 30.3 Å². The van der Waals surface area contributed by atoms with Crippen molar-refractivity contribution in [3.05, 3.63) is 60.2 Å². The van der Waals surface area contributed by atoms with E-state index in [0.717, 1.165) is 24.3 Å². The van der Waals surface area contributed by atoms with Crippen molar-refractivity contribution in [1.29, 1.82) is 0 Å². The quantitative estimate of drug-likeness (QED) is 0.701. The van der Waals surface area contributed by atoms with Gasteiger partial charge in [-0.05, 0) is 29.8 Å². The van der Waals surface area contributed by atoms with Crippen LogP contribution in [0, 0.1) is 0 Å². The minimum Gasteiger partial charge on any atom is -0.436 e. The number of amides is 1. The highest BCUT2D eigenvalue weighted by Crippen LogP contribution is 2.27. The smallest absolute Gasteiger partial charge is 0.436 e. The summed E-state index contributed by atoms with van der Waals surface area (Å²) in [6, 6.07) is 11.5. The molecule has 2 aromatic rings. The predicted molar refractivity (Wildman–Crippen MR) is 83.2 cm³/mol. The molecule has 0 aliphatic heterocycles. The number of halogens is 6. The largest absolute Gasteiger partial charge is 0.573 e. The summed E-state index contributed by atoms with van der Waals surface area (Å²) < 4.78 is 83.6. The fraction of sp³-hybridized carbons (Fsp3) is 0.235. The first kappa shape index (κ1) is 20.4. The summed E-state index contributed by atoms with van der Waals surface area (Å²) in [5.41, 5.74) is 0.261. The van der Waals surface area contributed by atoms with Gasteiger partial charge in [0.1, 0.15) is 5.75 Å². The Bertz CT molecular complexity index is 744. The van der Waals surface area contributed by atoms with Crippen molar-refractivity contribution in [1.82, 2.24) is 0 Å². The van der Waals surface area contributed by atoms with Crippen molar-refractivity contribution in [2.75, 3.05) is 5.32 Å². The molecule has 10 heteroatoms. The van der Waals surface area contributed by atoms with Crippen LogP contribution in [0.3, 0.4) is 0 Å². The zero-order valence-electron chi connectivity index (χ0n) is 13.5. The molecule has 4 nitrogen and oxygen atoms in total. The highest BCUT2D eigenvalue weighted by atomic mass is 19.4. The molecule has 0 aromatic heterocycles. The maximum Gasteiger partial charge on any atom is 0.573 e. The van der Waals surface area contributed by atoms with Gasteiger partial charge in [-0.25, -0.2) is 4.79 Å². The van der Waals surface area contributed by atoms with E-state index in [1.54, 1.807) is 18.2 Å². The van der Waals surface area contributed by atoms with E-state index in [9.17, 15) is 31.1 Å². The lowest BCUT2D eigenvalue weighted by molar-refractivity contribution is -0.274. The Balaban J connectivity index is 1.99. The Morgan fingerprint density at radius 2 is 1.52 bits per heavy atom. The summed E-state index contributed by atoms with van der Waals surface area (Å²) in [7, 11) is 0. The van der Waals surface area contributed by atoms with E-state index in [2.05, 4.69) is 9.47 Å². The first-order valence-corrected chi connectivity index (χ1v) is 7.47. The van der Waals surface area contributed by atoms with Crippen LogP contribution in [0.4, 0.5) is 36.8 Å². The lowest BCUT2D eigenvalue weighted by Gasteiger charge is -2.21. The Kier molecular flexibility index (Phi) is 6.19. The van der Waals surface area contributed by atoms with Crippen molar-refractivity contribution in [2.45, 2.75) is 25.1 Å². The fourth-order valence-corrected chi connectivity index (χ4v) is 2.07. The van der Waals surface area contributed by atoms with Crippen LogP contribution in [0.25, 0.3) is 0 Å². The minimum atomic E-state index is -4.88. The van der Waals surface area contributed by atoms with Gasteiger partial charge >= 0.3 is 18.6 Å². The number of rotatable bonds is 5. The van der Waals surface area contributed by atoms with Gasteiger partial charge < -0.3 is 9.47 Å². The minimum absolute atomic E-state index is 0.0600. The second kappa shape index (κ2) is 8.19. The summed E-state index contributed by atoms with van der Waals surface area (Å²) in [5, 5.41) is 2.02. The first-order chi connectivity index (χ1) is 12.5. The lowest BCUT2D eigenvalue weighted by Crippen LogP contribution is -2.37. The van der Waals surface area contributed by atoms with Gasteiger partial charge in [-0.15, -0.1) is 13.2 Å². The number of carbonyl (C=O) groups excluding carboxylic acids is 1. The number of nitrogens with one attached hydrogen (secondary N) is 1. The van der Waals surface area contributed by atoms with E-state index < -0.39 is 36.9 Å². The second-order valence-corrected chi connectivity index (χ2v) is 5.32. The zero-order chi connectivity index (χ0) is 20.1. The van der Waals surface area contributed by atoms with E-state index in [1.807, 2.05) is 5.32 Å². The molecule has 0 aliphatic carbocycles. The van der Waals surface area contributed by atoms with Crippen molar-refractivity contribution in [2.24, 2.45) is 0 Å². The molecule has 0 bridgehead atoms. The van der Waals surface area contributed by atoms with Crippen LogP contribution in [0.1, 0.15) is 5.56 Å². The standard InChI is InChI=1S/C17H13F6NO3/c18-16(19,20)14(10-11-4-2-1-3-5-11)26-15(25)24-12-6-8-13(9-7-12)27-17(21,22)23/h1-9,14H,10H2,(H,24,25)/t14-/m1/s1. The number of alkyl halides is 6. The average Bonchev–Trinajstić information content (AvgIpc) is 2.55. The van der Waals surface area contributed by atoms with Crippen LogP contribution in [0.5, 0.6) is 5.75 Å². The van der Waals surface area contributed by atoms with Gasteiger partial charge in [0.2, 0.25) is 6.10 Å². The fourth-order valence-electron chi connectivity index (χ4n) is 2.07. The highest BCUT2D eigenvalue weighted by molar-refractivity contribution is 5.84. The van der Waals surface area contributed by atoms with Gasteiger partial charge in [0.15, 0.2) is 0 Å². The second-order valence-electron chi connectivity index (χ2n) is 5.32. The van der Waals surface area contributed by atoms with Crippen LogP contribution in [0.2, 0.25) is 0 Å². The predicted octanol–water partition coefficient (Wildman–Crippen LogP) is 5.31. The summed E-state index contributed by atoms with van der Waals surface area (Å²) in [5.74, 6) is -0.543. The molecule has 1 atom stereocenters. The highest BCUT2D eigenvalue weighted by Gasteiger charge is 2.42. The topological polar surface area (TPSA) is 47.6 Å². The Morgan fingerprint density at radius 1 is 0.926 bits per heavy atom. The summed E-state index contributed by atoms with van der Waals surface area (Å²) >= 11 is 0. The zero-order valence-corrected chi connectivity index (χ0v) is 13.5. The molecule has 2 aromatic carbocycles. The van der Waals surface area contributed by atoms with Gasteiger partial charge in [0.25, 0.3) is 0 Å². The molecular weight excluding hydrogens is 380 g/mol. The number of hydrogen-bond acceptors (Lipinski definition) is 3. The van der Waals surface area contributed by atoms with Gasteiger partial charge in [-0.3, -0.25) is 5.32 Å². The lowest BCUT2D eigenvalue weighted by atomic mass is 10.1. The molecule has 0 unspecified atom stereocenters. The average molecular weight is 393 g/mol. The van der Waals surface area contributed by atoms with E-state index >= 15 is 0 Å². The van der Waals surface area contributed by atoms with Crippen LogP contribution >= 0.6 is 0 Å². The summed E-state index contributed by atoms with van der Waals surface area (Å²) in [6.45, 7) is 0. The SMILES string of the molecule is O=C(Nc1ccc(OC(F)(F)F)cc1)O[C@H](Cc1ccccc1)C(F)(F)F. The van der Waals surface area contributed by atoms with E-state index in [0.29, 0.717) is 5.56 Å². The van der Waals surface area contributed by atoms with Gasteiger partial charge in [-0.2, -0.15) is 13.2 Å². The molecule has 1 N–H and O–H groups in total. The maximum absolute atomic E-state index is 13.1. The van der Waals surface area contributed by atoms with Crippen molar-refractivity contribution >= 4 is 11.8 Å². The van der Waals surface area contributed by atoms with Crippen LogP contribution in [-0.4, -0.2) is 24.7 Å². The molecule has 0 aliphatic rings. The van der Waals surface area contributed by atoms with Crippen LogP contribution < -0.4 is 10.1 Å². The molecule has 1 amide bonds. The monoisotopic (exact) mass is 393 g/mol. The third-order valence-corrected chi connectivity index (χ3v) is 3.21. The molecule has 0 saturated heterocycles. The Hall–Kier alpha value is -2.91. The molecular formula is C17H13F6NO3. The molecule has 0 spiro atoms. The normalized spacial score (nSPS) is 13.0. The number of hydrogen-bond donors (Lipinski definition) is 1. The molecule has 0 radical (unpaired) electrons. The van der Waals surface area contributed by atoms with E-state index in [1.165, 1.54) is 12.1 Å². The number of benzene rings is 2. The van der Waals surface area contributed by atoms with Gasteiger partial charge in [0.05, 0.1) is 0 Å². The van der Waals surface area contributed by atoms with Crippen molar-refractivity contribution in [3.63, 3.8) is 0 Å². The number of ether oxygens (including phenoxy) is 2. The molecule has 27 heavy (non-hydrogen) atoms. The van der Waals surface area contributed by atoms with Crippen molar-refractivity contribution < 1.29 is 40.6 Å². The van der Waals surface area contributed by atoms with Crippen LogP contribution in [0.15, 0.2) is 54.6 Å². The third kappa shape index (κ3) is 7.08. The van der Waals surface area contributed by atoms with E-state index in [4.69, 9.17) is 0 Å². The van der Waals surface area contributed by atoms with Crippen LogP contribution in [-0.2, 0) is 11.2 Å². The molecule has 2 rings (SSSR count). The molecule has 146 valence electrons. The maximum atomic E-state index is 13.1. The number of anilines is 1. The summed E-state index contributed by atoms with van der Waals surface area (Å²) in [6.07, 6.45) is -14.0. The number of carbonyl (C=O) groups is 1. The summed E-state index contributed by atoms with van der Waals surface area (Å²) in [4.78, 5) is 11.7. The Morgan fingerprint density at radius 3 is 2.04 bits per heavy atom. The van der Waals surface area contributed by atoms with Crippen molar-refractivity contribution in [3.8, 4) is 5.75 Å². The molecule has 0 saturated carbocycles. The molecule has 0 fully saturated rings. The molecule has 0 heterocycles. The van der Waals surface area contributed by atoms with E-state index in [-0.39, 0.29) is 5.69 Å². The first-order valence-electron chi connectivity index (χ1n) is 7.47. The Labute approximate surface area is 149 Å². The van der Waals surface area contributed by atoms with Gasteiger partial charge in [0, 0.05) is 12.1 Å².